The number of methoxy groups -OCH3 is 1. The molecule has 1 aliphatic heterocycles. The molecule has 1 fully saturated rings. The van der Waals surface area contributed by atoms with Crippen molar-refractivity contribution in [3.63, 3.8) is 0 Å². The highest BCUT2D eigenvalue weighted by Gasteiger charge is 2.26. The van der Waals surface area contributed by atoms with Crippen LogP contribution in [0.2, 0.25) is 5.02 Å². The number of nitrogens with zero attached hydrogens (tertiary/aromatic N) is 5. The SMILES string of the molecule is COc1cc(F)cc(C(CO)NC(=O)C(C)n2cnn3cc(-c4nc(N[C@@H]5CCOC[C@@H]5O)ncc4Cl)cc3c2=O)c1. The zero-order valence-electron chi connectivity index (χ0n) is 22.7. The molecule has 15 heteroatoms. The molecule has 13 nitrogen and oxygen atoms in total. The van der Waals surface area contributed by atoms with Gasteiger partial charge < -0.3 is 30.3 Å². The minimum atomic E-state index is -1.03. The molecule has 1 saturated heterocycles. The Morgan fingerprint density at radius 2 is 2.14 bits per heavy atom. The fraction of sp³-hybridized carbons (Fsp3) is 0.370. The maximum atomic E-state index is 14.0. The summed E-state index contributed by atoms with van der Waals surface area (Å²) in [5, 5.41) is 30.3. The average Bonchev–Trinajstić information content (AvgIpc) is 3.42. The smallest absolute Gasteiger partial charge is 0.278 e. The number of fused-ring (bicyclic) bond motifs is 1. The van der Waals surface area contributed by atoms with Crippen LogP contribution in [0.25, 0.3) is 16.8 Å². The Hall–Kier alpha value is -4.11. The number of aromatic nitrogens is 5. The van der Waals surface area contributed by atoms with Crippen LogP contribution in [0.1, 0.15) is 31.0 Å². The van der Waals surface area contributed by atoms with E-state index in [0.717, 1.165) is 4.57 Å². The van der Waals surface area contributed by atoms with E-state index in [2.05, 4.69) is 25.7 Å². The number of nitrogens with one attached hydrogen (secondary N) is 2. The van der Waals surface area contributed by atoms with Crippen LogP contribution in [-0.4, -0.2) is 79.3 Å². The van der Waals surface area contributed by atoms with E-state index in [4.69, 9.17) is 21.1 Å². The first kappa shape index (κ1) is 29.4. The lowest BCUT2D eigenvalue weighted by Gasteiger charge is -2.28. The number of halogens is 2. The lowest BCUT2D eigenvalue weighted by molar-refractivity contribution is -0.125. The quantitative estimate of drug-likeness (QED) is 0.222. The molecule has 1 amide bonds. The Bertz CT molecular complexity index is 1660. The standard InChI is InChI=1S/C27H29ClFN7O6/c1-14(25(39)32-21(11-37)15-5-17(29)8-18(6-15)41-2)35-13-31-36-10-16(7-22(36)26(35)40)24-19(28)9-30-27(34-24)33-20-3-4-42-12-23(20)38/h5-10,13-14,20-21,23,37-38H,3-4,11-12H2,1-2H3,(H,32,39)(H,30,33,34)/t14?,20-,21?,23+/m1/s1. The number of benzene rings is 1. The molecule has 4 heterocycles. The second-order valence-corrected chi connectivity index (χ2v) is 10.2. The Balaban J connectivity index is 1.39. The van der Waals surface area contributed by atoms with Gasteiger partial charge >= 0.3 is 0 Å². The topological polar surface area (TPSA) is 165 Å². The molecule has 2 unspecified atom stereocenters. The average molecular weight is 602 g/mol. The van der Waals surface area contributed by atoms with E-state index in [-0.39, 0.29) is 34.9 Å². The molecule has 0 saturated carbocycles. The number of anilines is 1. The van der Waals surface area contributed by atoms with Crippen molar-refractivity contribution in [2.24, 2.45) is 0 Å². The summed E-state index contributed by atoms with van der Waals surface area (Å²) in [6, 6.07) is 3.15. The van der Waals surface area contributed by atoms with Gasteiger partial charge in [0.15, 0.2) is 0 Å². The lowest BCUT2D eigenvalue weighted by Crippen LogP contribution is -2.42. The second kappa shape index (κ2) is 12.4. The maximum Gasteiger partial charge on any atom is 0.278 e. The molecule has 4 atom stereocenters. The third-order valence-corrected chi connectivity index (χ3v) is 7.32. The largest absolute Gasteiger partial charge is 0.497 e. The molecule has 1 aromatic carbocycles. The predicted molar refractivity (Wildman–Crippen MR) is 150 cm³/mol. The molecule has 0 aliphatic carbocycles. The highest BCUT2D eigenvalue weighted by Crippen LogP contribution is 2.28. The number of carbonyl (C=O) groups excluding carboxylic acids is 1. The van der Waals surface area contributed by atoms with E-state index in [9.17, 15) is 24.2 Å². The predicted octanol–water partition coefficient (Wildman–Crippen LogP) is 1.73. The molecule has 42 heavy (non-hydrogen) atoms. The van der Waals surface area contributed by atoms with Crippen LogP contribution in [0.4, 0.5) is 10.3 Å². The summed E-state index contributed by atoms with van der Waals surface area (Å²) >= 11 is 6.39. The van der Waals surface area contributed by atoms with Crippen molar-refractivity contribution in [3.05, 3.63) is 69.7 Å². The van der Waals surface area contributed by atoms with Crippen LogP contribution in [0.3, 0.4) is 0 Å². The summed E-state index contributed by atoms with van der Waals surface area (Å²) in [6.45, 7) is 1.69. The van der Waals surface area contributed by atoms with Crippen molar-refractivity contribution in [1.82, 2.24) is 29.5 Å². The van der Waals surface area contributed by atoms with Crippen molar-refractivity contribution in [2.45, 2.75) is 37.6 Å². The monoisotopic (exact) mass is 601 g/mol. The van der Waals surface area contributed by atoms with Gasteiger partial charge in [-0.1, -0.05) is 11.6 Å². The minimum absolute atomic E-state index is 0.157. The van der Waals surface area contributed by atoms with Crippen molar-refractivity contribution in [3.8, 4) is 17.0 Å². The van der Waals surface area contributed by atoms with Gasteiger partial charge in [-0.3, -0.25) is 14.2 Å². The lowest BCUT2D eigenvalue weighted by atomic mass is 10.1. The van der Waals surface area contributed by atoms with E-state index in [1.165, 1.54) is 49.3 Å². The van der Waals surface area contributed by atoms with Gasteiger partial charge in [-0.05, 0) is 37.1 Å². The number of aliphatic hydroxyl groups excluding tert-OH is 2. The van der Waals surface area contributed by atoms with Crippen molar-refractivity contribution in [1.29, 1.82) is 0 Å². The van der Waals surface area contributed by atoms with Crippen molar-refractivity contribution in [2.75, 3.05) is 32.2 Å². The van der Waals surface area contributed by atoms with Gasteiger partial charge in [0.2, 0.25) is 11.9 Å². The third-order valence-electron chi connectivity index (χ3n) is 7.04. The van der Waals surface area contributed by atoms with Crippen LogP contribution in [0.5, 0.6) is 5.75 Å². The molecule has 0 radical (unpaired) electrons. The third kappa shape index (κ3) is 6.06. The van der Waals surface area contributed by atoms with Crippen LogP contribution in [0, 0.1) is 5.82 Å². The number of aliphatic hydroxyl groups is 2. The first-order chi connectivity index (χ1) is 20.2. The van der Waals surface area contributed by atoms with Gasteiger partial charge in [-0.25, -0.2) is 18.9 Å². The Morgan fingerprint density at radius 1 is 1.33 bits per heavy atom. The molecule has 0 spiro atoms. The van der Waals surface area contributed by atoms with Gasteiger partial charge in [0, 0.05) is 24.4 Å². The zero-order chi connectivity index (χ0) is 30.0. The highest BCUT2D eigenvalue weighted by molar-refractivity contribution is 6.32. The Kier molecular flexibility index (Phi) is 8.68. The van der Waals surface area contributed by atoms with Crippen molar-refractivity contribution >= 4 is 29.0 Å². The number of amides is 1. The molecule has 5 rings (SSSR count). The molecule has 4 N–H and O–H groups in total. The number of hydrogen-bond donors (Lipinski definition) is 4. The summed E-state index contributed by atoms with van der Waals surface area (Å²) in [6.07, 6.45) is 4.08. The highest BCUT2D eigenvalue weighted by atomic mass is 35.5. The van der Waals surface area contributed by atoms with Gasteiger partial charge in [0.05, 0.1) is 55.4 Å². The Morgan fingerprint density at radius 3 is 2.88 bits per heavy atom. The fourth-order valence-electron chi connectivity index (χ4n) is 4.66. The molecular weight excluding hydrogens is 573 g/mol. The fourth-order valence-corrected chi connectivity index (χ4v) is 4.86. The summed E-state index contributed by atoms with van der Waals surface area (Å²) in [5.74, 6) is -0.704. The molecule has 222 valence electrons. The van der Waals surface area contributed by atoms with E-state index >= 15 is 0 Å². The van der Waals surface area contributed by atoms with Crippen LogP contribution >= 0.6 is 11.6 Å². The molecule has 3 aromatic heterocycles. The maximum absolute atomic E-state index is 14.0. The van der Waals surface area contributed by atoms with E-state index < -0.39 is 42.1 Å². The summed E-state index contributed by atoms with van der Waals surface area (Å²) < 4.78 is 26.8. The summed E-state index contributed by atoms with van der Waals surface area (Å²) in [5.41, 5.74) is 0.770. The van der Waals surface area contributed by atoms with Gasteiger partial charge in [-0.2, -0.15) is 5.10 Å². The normalized spacial score (nSPS) is 18.4. The second-order valence-electron chi connectivity index (χ2n) is 9.82. The van der Waals surface area contributed by atoms with Crippen molar-refractivity contribution < 1.29 is 28.9 Å². The number of ether oxygens (including phenoxy) is 2. The van der Waals surface area contributed by atoms with Gasteiger partial charge in [0.1, 0.15) is 29.5 Å². The number of carbonyl (C=O) groups is 1. The first-order valence-electron chi connectivity index (χ1n) is 13.1. The molecule has 1 aliphatic rings. The van der Waals surface area contributed by atoms with Crippen LogP contribution in [0.15, 0.2) is 47.8 Å². The van der Waals surface area contributed by atoms with Crippen LogP contribution in [-0.2, 0) is 9.53 Å². The van der Waals surface area contributed by atoms with E-state index in [0.29, 0.717) is 29.8 Å². The van der Waals surface area contributed by atoms with Crippen LogP contribution < -0.4 is 20.9 Å². The summed E-state index contributed by atoms with van der Waals surface area (Å²) in [7, 11) is 1.38. The van der Waals surface area contributed by atoms with E-state index in [1.807, 2.05) is 0 Å². The Labute approximate surface area is 243 Å². The molecule has 0 bridgehead atoms. The number of rotatable bonds is 9. The van der Waals surface area contributed by atoms with Gasteiger partial charge in [0.25, 0.3) is 5.56 Å². The first-order valence-corrected chi connectivity index (χ1v) is 13.5. The summed E-state index contributed by atoms with van der Waals surface area (Å²) in [4.78, 5) is 35.2. The van der Waals surface area contributed by atoms with E-state index in [1.54, 1.807) is 12.3 Å². The number of hydrogen-bond acceptors (Lipinski definition) is 10. The minimum Gasteiger partial charge on any atom is -0.497 e. The molecule has 4 aromatic rings. The molecular formula is C27H29ClFN7O6. The van der Waals surface area contributed by atoms with Gasteiger partial charge in [-0.15, -0.1) is 0 Å². The zero-order valence-corrected chi connectivity index (χ0v) is 23.5.